The fourth-order valence-electron chi connectivity index (χ4n) is 1.89. The van der Waals surface area contributed by atoms with Gasteiger partial charge in [-0.15, -0.1) is 0 Å². The van der Waals surface area contributed by atoms with Gasteiger partial charge in [-0.25, -0.2) is 0 Å². The first-order chi connectivity index (χ1) is 8.26. The van der Waals surface area contributed by atoms with Gasteiger partial charge in [-0.05, 0) is 45.3 Å². The highest BCUT2D eigenvalue weighted by atomic mass is 16.5. The number of likely N-dealkylation sites (tertiary alicyclic amines) is 1. The number of hydrogen-bond donors (Lipinski definition) is 0. The quantitative estimate of drug-likeness (QED) is 0.797. The summed E-state index contributed by atoms with van der Waals surface area (Å²) in [5, 5.41) is 0. The molecule has 1 aromatic carbocycles. The van der Waals surface area contributed by atoms with Gasteiger partial charge in [0.15, 0.2) is 0 Å². The standard InChI is InChI=1S/C12H17N.C3H8O/c1-11-4-6-12(7-5-11)10-13-8-2-3-9-13;1-3-4-2/h4-7H,2-3,8-10H2,1H3;3H2,1-2H3. The van der Waals surface area contributed by atoms with Gasteiger partial charge in [0, 0.05) is 20.3 Å². The highest BCUT2D eigenvalue weighted by Crippen LogP contribution is 2.12. The summed E-state index contributed by atoms with van der Waals surface area (Å²) in [7, 11) is 1.68. The van der Waals surface area contributed by atoms with E-state index >= 15 is 0 Å². The molecule has 0 N–H and O–H groups in total. The SMILES string of the molecule is CCOC.Cc1ccc(CN2CCCC2)cc1. The molecule has 1 saturated heterocycles. The molecule has 0 amide bonds. The third-order valence-electron chi connectivity index (χ3n) is 3.01. The molecule has 0 aliphatic carbocycles. The van der Waals surface area contributed by atoms with Crippen LogP contribution in [-0.4, -0.2) is 31.7 Å². The molecule has 17 heavy (non-hydrogen) atoms. The maximum atomic E-state index is 4.54. The van der Waals surface area contributed by atoms with Crippen molar-refractivity contribution in [2.75, 3.05) is 26.8 Å². The average Bonchev–Trinajstić information content (AvgIpc) is 2.85. The van der Waals surface area contributed by atoms with Gasteiger partial charge < -0.3 is 4.74 Å². The Hall–Kier alpha value is -0.860. The van der Waals surface area contributed by atoms with Crippen LogP contribution in [0.5, 0.6) is 0 Å². The summed E-state index contributed by atoms with van der Waals surface area (Å²) in [5.41, 5.74) is 2.80. The van der Waals surface area contributed by atoms with Crippen molar-refractivity contribution >= 4 is 0 Å². The molecule has 0 bridgehead atoms. The van der Waals surface area contributed by atoms with Crippen LogP contribution < -0.4 is 0 Å². The molecule has 0 aromatic heterocycles. The molecular weight excluding hydrogens is 210 g/mol. The summed E-state index contributed by atoms with van der Waals surface area (Å²) in [6.07, 6.45) is 2.76. The van der Waals surface area contributed by atoms with Crippen LogP contribution in [0.2, 0.25) is 0 Å². The van der Waals surface area contributed by atoms with Crippen molar-refractivity contribution in [3.63, 3.8) is 0 Å². The van der Waals surface area contributed by atoms with Gasteiger partial charge in [0.05, 0.1) is 0 Å². The van der Waals surface area contributed by atoms with Crippen LogP contribution in [0.15, 0.2) is 24.3 Å². The molecule has 96 valence electrons. The lowest BCUT2D eigenvalue weighted by molar-refractivity contribution is 0.215. The van der Waals surface area contributed by atoms with Gasteiger partial charge in [0.1, 0.15) is 0 Å². The second-order valence-electron chi connectivity index (χ2n) is 4.55. The summed E-state index contributed by atoms with van der Waals surface area (Å²) < 4.78 is 4.54. The Labute approximate surface area is 106 Å². The zero-order valence-electron chi connectivity index (χ0n) is 11.4. The third kappa shape index (κ3) is 5.85. The molecular formula is C15H25NO. The molecule has 2 heteroatoms. The first-order valence-corrected chi connectivity index (χ1v) is 6.53. The Kier molecular flexibility index (Phi) is 6.90. The summed E-state index contributed by atoms with van der Waals surface area (Å²) in [6, 6.07) is 8.89. The minimum Gasteiger partial charge on any atom is -0.385 e. The fourth-order valence-corrected chi connectivity index (χ4v) is 1.89. The van der Waals surface area contributed by atoms with Crippen LogP contribution in [0.4, 0.5) is 0 Å². The van der Waals surface area contributed by atoms with Gasteiger partial charge >= 0.3 is 0 Å². The maximum Gasteiger partial charge on any atom is 0.0433 e. The smallest absolute Gasteiger partial charge is 0.0433 e. The zero-order valence-corrected chi connectivity index (χ0v) is 11.4. The van der Waals surface area contributed by atoms with Gasteiger partial charge in [0.2, 0.25) is 0 Å². The molecule has 1 aromatic rings. The number of hydrogen-bond acceptors (Lipinski definition) is 2. The van der Waals surface area contributed by atoms with Crippen molar-refractivity contribution in [3.8, 4) is 0 Å². The lowest BCUT2D eigenvalue weighted by Gasteiger charge is -2.14. The van der Waals surface area contributed by atoms with E-state index in [1.807, 2.05) is 6.92 Å². The molecule has 0 atom stereocenters. The molecule has 0 unspecified atom stereocenters. The van der Waals surface area contributed by atoms with Crippen LogP contribution >= 0.6 is 0 Å². The van der Waals surface area contributed by atoms with Gasteiger partial charge in [-0.1, -0.05) is 29.8 Å². The van der Waals surface area contributed by atoms with E-state index in [-0.39, 0.29) is 0 Å². The largest absolute Gasteiger partial charge is 0.385 e. The van der Waals surface area contributed by atoms with E-state index in [1.54, 1.807) is 7.11 Å². The van der Waals surface area contributed by atoms with E-state index < -0.39 is 0 Å². The second-order valence-corrected chi connectivity index (χ2v) is 4.55. The van der Waals surface area contributed by atoms with E-state index in [2.05, 4.69) is 40.8 Å². The highest BCUT2D eigenvalue weighted by Gasteiger charge is 2.10. The van der Waals surface area contributed by atoms with E-state index in [1.165, 1.54) is 37.1 Å². The second kappa shape index (κ2) is 8.26. The molecule has 0 spiro atoms. The van der Waals surface area contributed by atoms with E-state index in [4.69, 9.17) is 0 Å². The van der Waals surface area contributed by atoms with Crippen molar-refractivity contribution in [1.29, 1.82) is 0 Å². The van der Waals surface area contributed by atoms with E-state index in [9.17, 15) is 0 Å². The topological polar surface area (TPSA) is 12.5 Å². The Morgan fingerprint density at radius 3 is 2.12 bits per heavy atom. The summed E-state index contributed by atoms with van der Waals surface area (Å²) >= 11 is 0. The Morgan fingerprint density at radius 1 is 1.12 bits per heavy atom. The van der Waals surface area contributed by atoms with Gasteiger partial charge in [-0.3, -0.25) is 4.90 Å². The zero-order chi connectivity index (χ0) is 12.5. The summed E-state index contributed by atoms with van der Waals surface area (Å²) in [4.78, 5) is 2.53. The van der Waals surface area contributed by atoms with Crippen LogP contribution in [0, 0.1) is 6.92 Å². The molecule has 1 aliphatic rings. The molecule has 0 radical (unpaired) electrons. The molecule has 2 nitrogen and oxygen atoms in total. The average molecular weight is 235 g/mol. The van der Waals surface area contributed by atoms with E-state index in [0.29, 0.717) is 0 Å². The van der Waals surface area contributed by atoms with Crippen LogP contribution in [-0.2, 0) is 11.3 Å². The lowest BCUT2D eigenvalue weighted by Crippen LogP contribution is -2.18. The van der Waals surface area contributed by atoms with Gasteiger partial charge in [-0.2, -0.15) is 0 Å². The molecule has 2 rings (SSSR count). The molecule has 1 fully saturated rings. The van der Waals surface area contributed by atoms with Crippen molar-refractivity contribution in [1.82, 2.24) is 4.90 Å². The number of nitrogens with zero attached hydrogens (tertiary/aromatic N) is 1. The Bertz CT molecular complexity index is 286. The number of methoxy groups -OCH3 is 1. The molecule has 0 saturated carbocycles. The first-order valence-electron chi connectivity index (χ1n) is 6.53. The summed E-state index contributed by atoms with van der Waals surface area (Å²) in [6.45, 7) is 8.63. The first kappa shape index (κ1) is 14.2. The molecule has 1 heterocycles. The molecule has 1 aliphatic heterocycles. The fraction of sp³-hybridized carbons (Fsp3) is 0.600. The van der Waals surface area contributed by atoms with Gasteiger partial charge in [0.25, 0.3) is 0 Å². The summed E-state index contributed by atoms with van der Waals surface area (Å²) in [5.74, 6) is 0. The predicted molar refractivity (Wildman–Crippen MR) is 73.2 cm³/mol. The third-order valence-corrected chi connectivity index (χ3v) is 3.01. The maximum absolute atomic E-state index is 4.54. The van der Waals surface area contributed by atoms with Crippen LogP contribution in [0.1, 0.15) is 30.9 Å². The van der Waals surface area contributed by atoms with E-state index in [0.717, 1.165) is 13.2 Å². The minimum atomic E-state index is 0.819. The number of aryl methyl sites for hydroxylation is 1. The normalized spacial score (nSPS) is 15.5. The minimum absolute atomic E-state index is 0.819. The number of rotatable bonds is 3. The van der Waals surface area contributed by atoms with Crippen molar-refractivity contribution in [3.05, 3.63) is 35.4 Å². The monoisotopic (exact) mass is 235 g/mol. The van der Waals surface area contributed by atoms with Crippen LogP contribution in [0.25, 0.3) is 0 Å². The Balaban J connectivity index is 0.000000317. The number of ether oxygens (including phenoxy) is 1. The lowest BCUT2D eigenvalue weighted by atomic mass is 10.1. The Morgan fingerprint density at radius 2 is 1.65 bits per heavy atom. The number of benzene rings is 1. The van der Waals surface area contributed by atoms with Crippen molar-refractivity contribution in [2.45, 2.75) is 33.2 Å². The van der Waals surface area contributed by atoms with Crippen LogP contribution in [0.3, 0.4) is 0 Å². The predicted octanol–water partition coefficient (Wildman–Crippen LogP) is 3.24. The highest BCUT2D eigenvalue weighted by molar-refractivity contribution is 5.21. The van der Waals surface area contributed by atoms with Crippen molar-refractivity contribution < 1.29 is 4.74 Å². The van der Waals surface area contributed by atoms with Crippen molar-refractivity contribution in [2.24, 2.45) is 0 Å².